The number of amidine groups is 1. The first kappa shape index (κ1) is 19.9. The molecule has 0 heterocycles. The van der Waals surface area contributed by atoms with Gasteiger partial charge in [0.05, 0.1) is 5.92 Å². The van der Waals surface area contributed by atoms with Gasteiger partial charge in [-0.1, -0.05) is 85.6 Å². The van der Waals surface area contributed by atoms with Gasteiger partial charge in [0.1, 0.15) is 0 Å². The Labute approximate surface area is 167 Å². The van der Waals surface area contributed by atoms with Gasteiger partial charge < -0.3 is 15.9 Å². The Morgan fingerprint density at radius 1 is 1.07 bits per heavy atom. The Morgan fingerprint density at radius 3 is 2.21 bits per heavy atom. The molecule has 3 rings (SSSR count). The van der Waals surface area contributed by atoms with E-state index in [0.717, 1.165) is 30.4 Å². The van der Waals surface area contributed by atoms with Crippen LogP contribution in [-0.4, -0.2) is 24.4 Å². The predicted octanol–water partition coefficient (Wildman–Crippen LogP) is 3.80. The summed E-state index contributed by atoms with van der Waals surface area (Å²) < 4.78 is 0. The van der Waals surface area contributed by atoms with Crippen molar-refractivity contribution in [2.75, 3.05) is 6.61 Å². The molecule has 0 spiro atoms. The van der Waals surface area contributed by atoms with E-state index in [0.29, 0.717) is 11.8 Å². The third kappa shape index (κ3) is 5.35. The molecule has 0 saturated heterocycles. The highest BCUT2D eigenvalue weighted by molar-refractivity contribution is 5.90. The van der Waals surface area contributed by atoms with Gasteiger partial charge in [0.25, 0.3) is 5.91 Å². The maximum Gasteiger partial charge on any atom is 0.261 e. The smallest absolute Gasteiger partial charge is 0.261 e. The van der Waals surface area contributed by atoms with Crippen LogP contribution in [-0.2, 0) is 9.63 Å². The van der Waals surface area contributed by atoms with Crippen molar-refractivity contribution in [3.8, 4) is 0 Å². The molecule has 0 aromatic heterocycles. The lowest BCUT2D eigenvalue weighted by molar-refractivity contribution is -0.127. The van der Waals surface area contributed by atoms with Gasteiger partial charge in [0.15, 0.2) is 12.4 Å². The lowest BCUT2D eigenvalue weighted by Gasteiger charge is -2.29. The van der Waals surface area contributed by atoms with Crippen LogP contribution in [0.3, 0.4) is 0 Å². The number of benzene rings is 2. The fourth-order valence-corrected chi connectivity index (χ4v) is 3.82. The number of oxime groups is 1. The molecule has 148 valence electrons. The number of carbonyl (C=O) groups is 1. The highest BCUT2D eigenvalue weighted by atomic mass is 16.6. The second-order valence-corrected chi connectivity index (χ2v) is 7.48. The number of hydrogen-bond donors (Lipinski definition) is 2. The third-order valence-corrected chi connectivity index (χ3v) is 5.39. The van der Waals surface area contributed by atoms with E-state index in [9.17, 15) is 4.79 Å². The molecule has 2 aromatic rings. The molecule has 0 radical (unpaired) electrons. The number of rotatable bonds is 7. The summed E-state index contributed by atoms with van der Waals surface area (Å²) in [6.45, 7) is 2.06. The van der Waals surface area contributed by atoms with Gasteiger partial charge in [-0.2, -0.15) is 0 Å². The lowest BCUT2D eigenvalue weighted by atomic mass is 9.86. The fraction of sp³-hybridized carbons (Fsp3) is 0.391. The van der Waals surface area contributed by atoms with Crippen molar-refractivity contribution >= 4 is 11.7 Å². The maximum atomic E-state index is 12.2. The zero-order valence-corrected chi connectivity index (χ0v) is 16.4. The summed E-state index contributed by atoms with van der Waals surface area (Å²) in [6, 6.07) is 20.1. The zero-order chi connectivity index (χ0) is 19.8. The molecule has 2 atom stereocenters. The average Bonchev–Trinajstić information content (AvgIpc) is 2.71. The molecule has 1 amide bonds. The van der Waals surface area contributed by atoms with Gasteiger partial charge in [-0.3, -0.25) is 4.79 Å². The molecule has 1 aliphatic rings. The first-order valence-corrected chi connectivity index (χ1v) is 9.99. The first-order valence-electron chi connectivity index (χ1n) is 9.99. The Morgan fingerprint density at radius 2 is 1.64 bits per heavy atom. The minimum atomic E-state index is -0.219. The average molecular weight is 380 g/mol. The molecule has 28 heavy (non-hydrogen) atoms. The second-order valence-electron chi connectivity index (χ2n) is 7.48. The standard InChI is InChI=1S/C23H29N3O2/c1-17-10-8-9-15-20(17)25-21(27)16-28-26-23(24)22(18-11-4-2-5-12-18)19-13-6-3-7-14-19/h2-7,11-14,17,20,22H,8-10,15-16H2,1H3,(H2,24,26)(H,25,27)/t17-,20-/m1/s1. The number of nitrogens with one attached hydrogen (secondary N) is 1. The van der Waals surface area contributed by atoms with Crippen LogP contribution in [0.15, 0.2) is 65.8 Å². The minimum absolute atomic E-state index is 0.125. The zero-order valence-electron chi connectivity index (χ0n) is 16.4. The molecule has 5 heteroatoms. The molecule has 1 fully saturated rings. The van der Waals surface area contributed by atoms with Gasteiger partial charge in [0.2, 0.25) is 0 Å². The van der Waals surface area contributed by atoms with E-state index in [2.05, 4.69) is 17.4 Å². The highest BCUT2D eigenvalue weighted by Gasteiger charge is 2.23. The summed E-state index contributed by atoms with van der Waals surface area (Å²) in [5.41, 5.74) is 8.32. The summed E-state index contributed by atoms with van der Waals surface area (Å²) in [6.07, 6.45) is 4.59. The summed E-state index contributed by atoms with van der Waals surface area (Å²) in [5.74, 6) is 0.471. The summed E-state index contributed by atoms with van der Waals surface area (Å²) in [5, 5.41) is 7.12. The minimum Gasteiger partial charge on any atom is -0.384 e. The van der Waals surface area contributed by atoms with Crippen molar-refractivity contribution in [1.82, 2.24) is 5.32 Å². The van der Waals surface area contributed by atoms with Crippen molar-refractivity contribution in [1.29, 1.82) is 0 Å². The Bertz CT molecular complexity index is 737. The molecule has 3 N–H and O–H groups in total. The molecule has 0 bridgehead atoms. The molecule has 5 nitrogen and oxygen atoms in total. The second kappa shape index (κ2) is 9.93. The van der Waals surface area contributed by atoms with E-state index in [-0.39, 0.29) is 24.5 Å². The number of nitrogens with two attached hydrogens (primary N) is 1. The fourth-order valence-electron chi connectivity index (χ4n) is 3.82. The number of amides is 1. The van der Waals surface area contributed by atoms with Gasteiger partial charge in [-0.25, -0.2) is 0 Å². The van der Waals surface area contributed by atoms with Crippen molar-refractivity contribution in [2.45, 2.75) is 44.6 Å². The molecule has 0 unspecified atom stereocenters. The van der Waals surface area contributed by atoms with Gasteiger partial charge in [-0.05, 0) is 29.9 Å². The number of hydrogen-bond acceptors (Lipinski definition) is 3. The predicted molar refractivity (Wildman–Crippen MR) is 112 cm³/mol. The van der Waals surface area contributed by atoms with Crippen molar-refractivity contribution < 1.29 is 9.63 Å². The molecular formula is C23H29N3O2. The molecule has 2 aromatic carbocycles. The molecular weight excluding hydrogens is 350 g/mol. The van der Waals surface area contributed by atoms with E-state index in [4.69, 9.17) is 10.6 Å². The third-order valence-electron chi connectivity index (χ3n) is 5.39. The van der Waals surface area contributed by atoms with Crippen molar-refractivity contribution in [3.63, 3.8) is 0 Å². The first-order chi connectivity index (χ1) is 13.6. The summed E-state index contributed by atoms with van der Waals surface area (Å²) >= 11 is 0. The normalized spacial score (nSPS) is 20.0. The topological polar surface area (TPSA) is 76.7 Å². The Kier molecular flexibility index (Phi) is 7.06. The van der Waals surface area contributed by atoms with Crippen LogP contribution >= 0.6 is 0 Å². The summed E-state index contributed by atoms with van der Waals surface area (Å²) in [7, 11) is 0. The van der Waals surface area contributed by atoms with Crippen LogP contribution in [0.4, 0.5) is 0 Å². The van der Waals surface area contributed by atoms with E-state index < -0.39 is 0 Å². The van der Waals surface area contributed by atoms with Gasteiger partial charge >= 0.3 is 0 Å². The summed E-state index contributed by atoms with van der Waals surface area (Å²) in [4.78, 5) is 17.5. The van der Waals surface area contributed by atoms with E-state index in [1.165, 1.54) is 6.42 Å². The number of carbonyl (C=O) groups excluding carboxylic acids is 1. The van der Waals surface area contributed by atoms with Crippen LogP contribution in [0.5, 0.6) is 0 Å². The number of nitrogens with zero attached hydrogens (tertiary/aromatic N) is 1. The van der Waals surface area contributed by atoms with E-state index >= 15 is 0 Å². The maximum absolute atomic E-state index is 12.2. The molecule has 1 saturated carbocycles. The monoisotopic (exact) mass is 379 g/mol. The van der Waals surface area contributed by atoms with Crippen LogP contribution < -0.4 is 11.1 Å². The SMILES string of the molecule is C[C@@H]1CCCC[C@H]1NC(=O)CO/N=C(/N)C(c1ccccc1)c1ccccc1. The van der Waals surface area contributed by atoms with E-state index in [1.54, 1.807) is 0 Å². The van der Waals surface area contributed by atoms with Gasteiger partial charge in [-0.15, -0.1) is 0 Å². The van der Waals surface area contributed by atoms with E-state index in [1.807, 2.05) is 60.7 Å². The Hall–Kier alpha value is -2.82. The van der Waals surface area contributed by atoms with Crippen LogP contribution in [0, 0.1) is 5.92 Å². The highest BCUT2D eigenvalue weighted by Crippen LogP contribution is 2.25. The van der Waals surface area contributed by atoms with Crippen LogP contribution in [0.2, 0.25) is 0 Å². The van der Waals surface area contributed by atoms with Crippen LogP contribution in [0.25, 0.3) is 0 Å². The van der Waals surface area contributed by atoms with Crippen LogP contribution in [0.1, 0.15) is 49.7 Å². The van der Waals surface area contributed by atoms with Gasteiger partial charge in [0, 0.05) is 6.04 Å². The molecule has 1 aliphatic carbocycles. The quantitative estimate of drug-likeness (QED) is 0.436. The van der Waals surface area contributed by atoms with Crippen molar-refractivity contribution in [3.05, 3.63) is 71.8 Å². The molecule has 0 aliphatic heterocycles. The van der Waals surface area contributed by atoms with Crippen molar-refractivity contribution in [2.24, 2.45) is 16.8 Å². The lowest BCUT2D eigenvalue weighted by Crippen LogP contribution is -2.42. The Balaban J connectivity index is 1.63. The largest absolute Gasteiger partial charge is 0.384 e.